The maximum Gasteiger partial charge on any atom is 0.253 e. The lowest BCUT2D eigenvalue weighted by Gasteiger charge is -2.17. The van der Waals surface area contributed by atoms with E-state index in [4.69, 9.17) is 9.15 Å². The third kappa shape index (κ3) is 2.97. The number of fused-ring (bicyclic) bond motifs is 2. The minimum Gasteiger partial charge on any atom is -0.452 e. The van der Waals surface area contributed by atoms with Crippen LogP contribution in [0.5, 0.6) is 0 Å². The van der Waals surface area contributed by atoms with Crippen LogP contribution in [0, 0.1) is 20.8 Å². The SMILES string of the molecule is COCCN(C)C(=O)c1ccc2nc3c(C)c(C)c(=O)c(C)c-3oc2c1. The molecule has 6 heteroatoms. The fraction of sp³-hybridized carbons (Fsp3) is 0.350. The quantitative estimate of drug-likeness (QED) is 0.674. The lowest BCUT2D eigenvalue weighted by molar-refractivity contribution is 0.0744. The van der Waals surface area contributed by atoms with Crippen molar-refractivity contribution in [1.82, 2.24) is 9.88 Å². The second-order valence-corrected chi connectivity index (χ2v) is 6.50. The van der Waals surface area contributed by atoms with Crippen LogP contribution in [0.2, 0.25) is 0 Å². The highest BCUT2D eigenvalue weighted by Gasteiger charge is 2.21. The predicted molar refractivity (Wildman–Crippen MR) is 99.9 cm³/mol. The molecular weight excluding hydrogens is 332 g/mol. The number of amides is 1. The Balaban J connectivity index is 2.14. The molecule has 0 N–H and O–H groups in total. The van der Waals surface area contributed by atoms with Gasteiger partial charge in [0.2, 0.25) is 0 Å². The molecule has 0 spiro atoms. The van der Waals surface area contributed by atoms with E-state index in [1.165, 1.54) is 0 Å². The monoisotopic (exact) mass is 354 g/mol. The van der Waals surface area contributed by atoms with Gasteiger partial charge in [0.25, 0.3) is 5.91 Å². The molecule has 1 aliphatic carbocycles. The van der Waals surface area contributed by atoms with Gasteiger partial charge in [-0.25, -0.2) is 4.98 Å². The molecule has 0 saturated carbocycles. The average Bonchev–Trinajstić information content (AvgIpc) is 2.66. The molecule has 136 valence electrons. The van der Waals surface area contributed by atoms with E-state index in [9.17, 15) is 9.59 Å². The highest BCUT2D eigenvalue weighted by Crippen LogP contribution is 2.30. The first kappa shape index (κ1) is 18.1. The van der Waals surface area contributed by atoms with Crippen molar-refractivity contribution in [1.29, 1.82) is 0 Å². The maximum absolute atomic E-state index is 12.5. The van der Waals surface area contributed by atoms with Gasteiger partial charge in [-0.15, -0.1) is 0 Å². The Hall–Kier alpha value is -2.73. The van der Waals surface area contributed by atoms with Gasteiger partial charge in [-0.05, 0) is 44.5 Å². The van der Waals surface area contributed by atoms with E-state index >= 15 is 0 Å². The molecule has 1 aromatic carbocycles. The minimum absolute atomic E-state index is 0.0357. The normalized spacial score (nSPS) is 11.3. The summed E-state index contributed by atoms with van der Waals surface area (Å²) in [5, 5.41) is 0. The zero-order valence-corrected chi connectivity index (χ0v) is 15.7. The number of hydrogen-bond donors (Lipinski definition) is 0. The largest absolute Gasteiger partial charge is 0.452 e. The van der Waals surface area contributed by atoms with Crippen LogP contribution in [0.4, 0.5) is 0 Å². The fourth-order valence-corrected chi connectivity index (χ4v) is 2.94. The molecule has 0 aromatic heterocycles. The Morgan fingerprint density at radius 3 is 2.62 bits per heavy atom. The number of ether oxygens (including phenoxy) is 1. The molecule has 0 radical (unpaired) electrons. The summed E-state index contributed by atoms with van der Waals surface area (Å²) >= 11 is 0. The first-order valence-electron chi connectivity index (χ1n) is 8.44. The van der Waals surface area contributed by atoms with Gasteiger partial charge in [-0.1, -0.05) is 0 Å². The summed E-state index contributed by atoms with van der Waals surface area (Å²) in [4.78, 5) is 31.1. The zero-order valence-electron chi connectivity index (χ0n) is 15.7. The first-order chi connectivity index (χ1) is 12.3. The number of rotatable bonds is 4. The van der Waals surface area contributed by atoms with Crippen molar-refractivity contribution >= 4 is 17.0 Å². The van der Waals surface area contributed by atoms with Gasteiger partial charge in [0, 0.05) is 37.4 Å². The van der Waals surface area contributed by atoms with E-state index in [1.54, 1.807) is 51.1 Å². The summed E-state index contributed by atoms with van der Waals surface area (Å²) in [5.41, 5.74) is 4.32. The lowest BCUT2D eigenvalue weighted by Crippen LogP contribution is -2.29. The van der Waals surface area contributed by atoms with Crippen LogP contribution in [0.3, 0.4) is 0 Å². The second kappa shape index (κ2) is 6.88. The van der Waals surface area contributed by atoms with Crippen LogP contribution in [0.25, 0.3) is 22.6 Å². The number of likely N-dealkylation sites (N-methyl/N-ethyl adjacent to an activating group) is 1. The molecule has 26 heavy (non-hydrogen) atoms. The molecule has 2 aliphatic rings. The maximum atomic E-state index is 12.5. The molecule has 1 aromatic rings. The molecule has 6 nitrogen and oxygen atoms in total. The number of carbonyl (C=O) groups excluding carboxylic acids is 1. The van der Waals surface area contributed by atoms with Crippen LogP contribution in [0.15, 0.2) is 27.4 Å². The van der Waals surface area contributed by atoms with E-state index in [-0.39, 0.29) is 11.3 Å². The summed E-state index contributed by atoms with van der Waals surface area (Å²) in [6.45, 7) is 6.37. The first-order valence-corrected chi connectivity index (χ1v) is 8.44. The van der Waals surface area contributed by atoms with Crippen LogP contribution >= 0.6 is 0 Å². The number of hydrogen-bond acceptors (Lipinski definition) is 5. The highest BCUT2D eigenvalue weighted by atomic mass is 16.5. The number of nitrogens with zero attached hydrogens (tertiary/aromatic N) is 2. The van der Waals surface area contributed by atoms with Gasteiger partial charge in [-0.3, -0.25) is 9.59 Å². The summed E-state index contributed by atoms with van der Waals surface area (Å²) in [6.07, 6.45) is 0. The molecule has 0 bridgehead atoms. The number of aromatic nitrogens is 1. The zero-order chi connectivity index (χ0) is 19.0. The Morgan fingerprint density at radius 1 is 1.19 bits per heavy atom. The third-order valence-electron chi connectivity index (χ3n) is 4.78. The van der Waals surface area contributed by atoms with E-state index in [0.29, 0.717) is 52.4 Å². The van der Waals surface area contributed by atoms with Crippen molar-refractivity contribution < 1.29 is 13.9 Å². The highest BCUT2D eigenvalue weighted by molar-refractivity contribution is 5.97. The molecule has 1 heterocycles. The van der Waals surface area contributed by atoms with Crippen molar-refractivity contribution in [3.8, 4) is 11.5 Å². The van der Waals surface area contributed by atoms with Gasteiger partial charge in [0.1, 0.15) is 11.2 Å². The lowest BCUT2D eigenvalue weighted by atomic mass is 9.99. The summed E-state index contributed by atoms with van der Waals surface area (Å²) < 4.78 is 11.0. The summed E-state index contributed by atoms with van der Waals surface area (Å²) in [5.74, 6) is 0.350. The topological polar surface area (TPSA) is 72.6 Å². The number of carbonyl (C=O) groups is 1. The Morgan fingerprint density at radius 2 is 1.92 bits per heavy atom. The van der Waals surface area contributed by atoms with Gasteiger partial charge in [-0.2, -0.15) is 0 Å². The van der Waals surface area contributed by atoms with Gasteiger partial charge in [0.15, 0.2) is 16.8 Å². The Bertz CT molecular complexity index is 1020. The number of benzene rings is 2. The van der Waals surface area contributed by atoms with E-state index in [1.807, 2.05) is 6.92 Å². The van der Waals surface area contributed by atoms with Crippen molar-refractivity contribution in [2.75, 3.05) is 27.3 Å². The van der Waals surface area contributed by atoms with Gasteiger partial charge >= 0.3 is 0 Å². The molecule has 1 aliphatic heterocycles. The van der Waals surface area contributed by atoms with Crippen molar-refractivity contribution in [3.63, 3.8) is 0 Å². The standard InChI is InChI=1S/C20H22N2O4/c1-11-12(2)18(23)13(3)19-17(11)21-15-7-6-14(10-16(15)26-19)20(24)22(4)8-9-25-5/h6-7,10H,8-9H2,1-5H3. The van der Waals surface area contributed by atoms with Gasteiger partial charge < -0.3 is 14.1 Å². The molecule has 0 fully saturated rings. The molecule has 3 rings (SSSR count). The molecule has 0 unspecified atom stereocenters. The van der Waals surface area contributed by atoms with Crippen molar-refractivity contribution in [3.05, 3.63) is 50.7 Å². The molecule has 0 saturated heterocycles. The Labute approximate surface area is 151 Å². The fourth-order valence-electron chi connectivity index (χ4n) is 2.94. The van der Waals surface area contributed by atoms with E-state index in [0.717, 1.165) is 5.56 Å². The van der Waals surface area contributed by atoms with Crippen LogP contribution in [-0.4, -0.2) is 43.1 Å². The Kier molecular flexibility index (Phi) is 4.78. The smallest absolute Gasteiger partial charge is 0.253 e. The average molecular weight is 354 g/mol. The predicted octanol–water partition coefficient (Wildman–Crippen LogP) is 2.94. The van der Waals surface area contributed by atoms with E-state index < -0.39 is 0 Å². The second-order valence-electron chi connectivity index (χ2n) is 6.50. The van der Waals surface area contributed by atoms with Gasteiger partial charge in [0.05, 0.1) is 6.61 Å². The number of methoxy groups -OCH3 is 1. The van der Waals surface area contributed by atoms with Crippen LogP contribution in [0.1, 0.15) is 27.0 Å². The molecule has 0 atom stereocenters. The van der Waals surface area contributed by atoms with Crippen molar-refractivity contribution in [2.24, 2.45) is 0 Å². The van der Waals surface area contributed by atoms with E-state index in [2.05, 4.69) is 4.98 Å². The minimum atomic E-state index is -0.124. The third-order valence-corrected chi connectivity index (χ3v) is 4.78. The molecular formula is C20H22N2O4. The summed E-state index contributed by atoms with van der Waals surface area (Å²) in [6, 6.07) is 5.18. The summed E-state index contributed by atoms with van der Waals surface area (Å²) in [7, 11) is 3.32. The van der Waals surface area contributed by atoms with Crippen molar-refractivity contribution in [2.45, 2.75) is 20.8 Å². The van der Waals surface area contributed by atoms with Crippen LogP contribution in [-0.2, 0) is 4.74 Å². The molecule has 1 amide bonds. The van der Waals surface area contributed by atoms with Crippen LogP contribution < -0.4 is 5.43 Å².